The lowest BCUT2D eigenvalue weighted by atomic mass is 10.2. The highest BCUT2D eigenvalue weighted by molar-refractivity contribution is 7.22. The number of thiazole rings is 1. The van der Waals surface area contributed by atoms with Gasteiger partial charge in [0, 0.05) is 37.3 Å². The number of benzene rings is 2. The van der Waals surface area contributed by atoms with Crippen LogP contribution in [0.3, 0.4) is 0 Å². The van der Waals surface area contributed by atoms with Gasteiger partial charge in [0.2, 0.25) is 0 Å². The highest BCUT2D eigenvalue weighted by Gasteiger charge is 2.25. The summed E-state index contributed by atoms with van der Waals surface area (Å²) in [6.07, 6.45) is 0. The Morgan fingerprint density at radius 2 is 1.97 bits per heavy atom. The number of para-hydroxylation sites is 1. The quantitative estimate of drug-likeness (QED) is 0.439. The maximum Gasteiger partial charge on any atom is 0.295 e. The minimum Gasteiger partial charge on any atom is -0.451 e. The van der Waals surface area contributed by atoms with Crippen LogP contribution in [0.2, 0.25) is 5.02 Å². The molecule has 3 heterocycles. The summed E-state index contributed by atoms with van der Waals surface area (Å²) in [5.74, 6) is -0.403. The molecule has 0 atom stereocenters. The summed E-state index contributed by atoms with van der Waals surface area (Å²) in [4.78, 5) is 34.6. The highest BCUT2D eigenvalue weighted by atomic mass is 35.5. The van der Waals surface area contributed by atoms with E-state index < -0.39 is 5.91 Å². The van der Waals surface area contributed by atoms with E-state index in [4.69, 9.17) is 20.8 Å². The SMILES string of the molecule is O=C(c1cc(=O)c2ccccc2o1)N(CCN1CCOCC1)c1nc2ccc(Cl)cc2s1. The Morgan fingerprint density at radius 3 is 2.81 bits per heavy atom. The number of anilines is 1. The van der Waals surface area contributed by atoms with Crippen molar-refractivity contribution in [2.45, 2.75) is 0 Å². The van der Waals surface area contributed by atoms with Crippen molar-refractivity contribution >= 4 is 55.2 Å². The molecule has 5 rings (SSSR count). The van der Waals surface area contributed by atoms with E-state index in [2.05, 4.69) is 9.88 Å². The van der Waals surface area contributed by atoms with E-state index in [1.54, 1.807) is 35.2 Å². The molecule has 1 amide bonds. The van der Waals surface area contributed by atoms with Crippen LogP contribution in [0.5, 0.6) is 0 Å². The van der Waals surface area contributed by atoms with Crippen molar-refractivity contribution in [1.82, 2.24) is 9.88 Å². The van der Waals surface area contributed by atoms with Gasteiger partial charge in [0.1, 0.15) is 5.58 Å². The van der Waals surface area contributed by atoms with Crippen LogP contribution in [0.4, 0.5) is 5.13 Å². The number of ether oxygens (including phenoxy) is 1. The first kappa shape index (κ1) is 21.1. The second-order valence-corrected chi connectivity index (χ2v) is 8.94. The zero-order valence-electron chi connectivity index (χ0n) is 17.1. The lowest BCUT2D eigenvalue weighted by Crippen LogP contribution is -2.43. The number of fused-ring (bicyclic) bond motifs is 2. The molecule has 2 aromatic heterocycles. The van der Waals surface area contributed by atoms with Gasteiger partial charge in [-0.3, -0.25) is 19.4 Å². The van der Waals surface area contributed by atoms with Crippen LogP contribution >= 0.6 is 22.9 Å². The average molecular weight is 470 g/mol. The van der Waals surface area contributed by atoms with Crippen molar-refractivity contribution in [3.8, 4) is 0 Å². The molecule has 1 saturated heterocycles. The Bertz CT molecular complexity index is 1350. The normalized spacial score (nSPS) is 14.8. The second kappa shape index (κ2) is 8.99. The van der Waals surface area contributed by atoms with Crippen molar-refractivity contribution in [3.05, 3.63) is 69.5 Å². The maximum atomic E-state index is 13.5. The summed E-state index contributed by atoms with van der Waals surface area (Å²) < 4.78 is 12.1. The topological polar surface area (TPSA) is 75.9 Å². The van der Waals surface area contributed by atoms with Gasteiger partial charge in [-0.2, -0.15) is 0 Å². The van der Waals surface area contributed by atoms with E-state index in [0.29, 0.717) is 47.4 Å². The Hall–Kier alpha value is -2.78. The van der Waals surface area contributed by atoms with Crippen LogP contribution in [0, 0.1) is 0 Å². The molecule has 0 saturated carbocycles. The third kappa shape index (κ3) is 4.27. The van der Waals surface area contributed by atoms with Gasteiger partial charge < -0.3 is 9.15 Å². The minimum atomic E-state index is -0.397. The summed E-state index contributed by atoms with van der Waals surface area (Å²) in [5.41, 5.74) is 0.894. The molecular weight excluding hydrogens is 450 g/mol. The summed E-state index contributed by atoms with van der Waals surface area (Å²) in [6, 6.07) is 13.6. The number of hydrogen-bond acceptors (Lipinski definition) is 7. The van der Waals surface area contributed by atoms with Gasteiger partial charge >= 0.3 is 0 Å². The fourth-order valence-electron chi connectivity index (χ4n) is 3.69. The highest BCUT2D eigenvalue weighted by Crippen LogP contribution is 2.31. The third-order valence-corrected chi connectivity index (χ3v) is 6.68. The molecule has 0 bridgehead atoms. The molecule has 0 aliphatic carbocycles. The second-order valence-electron chi connectivity index (χ2n) is 7.49. The molecule has 0 spiro atoms. The predicted molar refractivity (Wildman–Crippen MR) is 126 cm³/mol. The Balaban J connectivity index is 1.51. The number of carbonyl (C=O) groups excluding carboxylic acids is 1. The lowest BCUT2D eigenvalue weighted by molar-refractivity contribution is 0.0390. The number of rotatable bonds is 5. The molecule has 1 aliphatic heterocycles. The van der Waals surface area contributed by atoms with Crippen molar-refractivity contribution in [2.75, 3.05) is 44.3 Å². The lowest BCUT2D eigenvalue weighted by Gasteiger charge is -2.29. The van der Waals surface area contributed by atoms with E-state index in [1.807, 2.05) is 12.1 Å². The fraction of sp³-hybridized carbons (Fsp3) is 0.261. The van der Waals surface area contributed by atoms with Gasteiger partial charge in [-0.1, -0.05) is 35.1 Å². The zero-order chi connectivity index (χ0) is 22.1. The number of nitrogens with zero attached hydrogens (tertiary/aromatic N) is 3. The average Bonchev–Trinajstić information content (AvgIpc) is 3.22. The fourth-order valence-corrected chi connectivity index (χ4v) is 4.96. The van der Waals surface area contributed by atoms with Gasteiger partial charge in [-0.15, -0.1) is 0 Å². The van der Waals surface area contributed by atoms with Crippen LogP contribution in [0.15, 0.2) is 57.7 Å². The monoisotopic (exact) mass is 469 g/mol. The zero-order valence-corrected chi connectivity index (χ0v) is 18.7. The number of carbonyl (C=O) groups is 1. The van der Waals surface area contributed by atoms with Gasteiger partial charge in [0.25, 0.3) is 5.91 Å². The summed E-state index contributed by atoms with van der Waals surface area (Å²) in [6.45, 7) is 4.03. The van der Waals surface area contributed by atoms with Crippen LogP contribution in [0.1, 0.15) is 10.6 Å². The molecule has 7 nitrogen and oxygen atoms in total. The first-order valence-electron chi connectivity index (χ1n) is 10.3. The molecule has 4 aromatic rings. The smallest absolute Gasteiger partial charge is 0.295 e. The molecule has 9 heteroatoms. The van der Waals surface area contributed by atoms with E-state index >= 15 is 0 Å². The Morgan fingerprint density at radius 1 is 1.16 bits per heavy atom. The molecule has 0 unspecified atom stereocenters. The first-order chi connectivity index (χ1) is 15.6. The van der Waals surface area contributed by atoms with E-state index in [0.717, 1.165) is 23.3 Å². The number of morpholine rings is 1. The Labute approximate surface area is 192 Å². The largest absolute Gasteiger partial charge is 0.451 e. The van der Waals surface area contributed by atoms with Crippen LogP contribution < -0.4 is 10.3 Å². The molecule has 2 aromatic carbocycles. The number of aromatic nitrogens is 1. The van der Waals surface area contributed by atoms with Crippen molar-refractivity contribution < 1.29 is 13.9 Å². The van der Waals surface area contributed by atoms with Crippen LogP contribution in [-0.2, 0) is 4.74 Å². The standard InChI is InChI=1S/C23H20ClN3O4S/c24-15-5-6-17-21(13-15)32-23(25-17)27(8-7-26-9-11-30-12-10-26)22(29)20-14-18(28)16-3-1-2-4-19(16)31-20/h1-6,13-14H,7-12H2. The molecule has 32 heavy (non-hydrogen) atoms. The van der Waals surface area contributed by atoms with Gasteiger partial charge in [-0.05, 0) is 30.3 Å². The van der Waals surface area contributed by atoms with Crippen molar-refractivity contribution in [2.24, 2.45) is 0 Å². The molecule has 0 radical (unpaired) electrons. The summed E-state index contributed by atoms with van der Waals surface area (Å²) >= 11 is 7.52. The molecule has 1 aliphatic rings. The van der Waals surface area contributed by atoms with Gasteiger partial charge in [-0.25, -0.2) is 4.98 Å². The van der Waals surface area contributed by atoms with Gasteiger partial charge in [0.15, 0.2) is 16.3 Å². The third-order valence-electron chi connectivity index (χ3n) is 5.40. The number of hydrogen-bond donors (Lipinski definition) is 0. The summed E-state index contributed by atoms with van der Waals surface area (Å²) in [5, 5.41) is 1.59. The van der Waals surface area contributed by atoms with Gasteiger partial charge in [0.05, 0.1) is 28.8 Å². The van der Waals surface area contributed by atoms with Crippen LogP contribution in [-0.4, -0.2) is 55.2 Å². The van der Waals surface area contributed by atoms with Crippen molar-refractivity contribution in [3.63, 3.8) is 0 Å². The number of halogens is 1. The first-order valence-corrected chi connectivity index (χ1v) is 11.5. The molecular formula is C23H20ClN3O4S. The van der Waals surface area contributed by atoms with Crippen LogP contribution in [0.25, 0.3) is 21.2 Å². The predicted octanol–water partition coefficient (Wildman–Crippen LogP) is 4.04. The maximum absolute atomic E-state index is 13.5. The van der Waals surface area contributed by atoms with E-state index in [-0.39, 0.29) is 11.2 Å². The van der Waals surface area contributed by atoms with E-state index in [9.17, 15) is 9.59 Å². The molecule has 1 fully saturated rings. The van der Waals surface area contributed by atoms with Crippen molar-refractivity contribution in [1.29, 1.82) is 0 Å². The Kier molecular flexibility index (Phi) is 5.93. The molecule has 0 N–H and O–H groups in total. The van der Waals surface area contributed by atoms with E-state index in [1.165, 1.54) is 17.4 Å². The minimum absolute atomic E-state index is 0.00651. The number of amides is 1. The molecule has 164 valence electrons. The summed E-state index contributed by atoms with van der Waals surface area (Å²) in [7, 11) is 0.